The molecule has 0 N–H and O–H groups in total. The molecular weight excluding hydrogens is 256 g/mol. The molecule has 0 aromatic rings. The van der Waals surface area contributed by atoms with Gasteiger partial charge >= 0.3 is 0 Å². The lowest BCUT2D eigenvalue weighted by atomic mass is 9.72. The third-order valence-corrected chi connectivity index (χ3v) is 4.07. The molecule has 20 heavy (non-hydrogen) atoms. The predicted octanol–water partition coefficient (Wildman–Crippen LogP) is 2.29. The number of rotatable bonds is 5. The molecule has 4 heteroatoms. The number of allylic oxidation sites excluding steroid dienone is 1. The molecule has 4 nitrogen and oxygen atoms in total. The van der Waals surface area contributed by atoms with Crippen LogP contribution in [0.3, 0.4) is 0 Å². The third kappa shape index (κ3) is 2.87. The maximum Gasteiger partial charge on any atom is 0.184 e. The van der Waals surface area contributed by atoms with Crippen LogP contribution in [0.1, 0.15) is 27.7 Å². The number of hydrogen-bond acceptors (Lipinski definition) is 4. The monoisotopic (exact) mass is 280 g/mol. The summed E-state index contributed by atoms with van der Waals surface area (Å²) in [4.78, 5) is 12.0. The van der Waals surface area contributed by atoms with Crippen molar-refractivity contribution in [3.05, 3.63) is 23.8 Å². The van der Waals surface area contributed by atoms with Gasteiger partial charge in [-0.1, -0.05) is 11.6 Å². The Labute approximate surface area is 120 Å². The lowest BCUT2D eigenvalue weighted by Gasteiger charge is -2.42. The molecule has 0 amide bonds. The van der Waals surface area contributed by atoms with Gasteiger partial charge < -0.3 is 14.2 Å². The maximum atomic E-state index is 12.0. The van der Waals surface area contributed by atoms with Gasteiger partial charge in [0.25, 0.3) is 0 Å². The van der Waals surface area contributed by atoms with Crippen molar-refractivity contribution in [2.45, 2.75) is 45.0 Å². The summed E-state index contributed by atoms with van der Waals surface area (Å²) in [5.41, 5.74) is 0.299. The second-order valence-electron chi connectivity index (χ2n) is 6.31. The van der Waals surface area contributed by atoms with Crippen LogP contribution in [0.5, 0.6) is 0 Å². The van der Waals surface area contributed by atoms with Crippen LogP contribution >= 0.6 is 0 Å². The molecule has 0 aromatic carbocycles. The summed E-state index contributed by atoms with van der Waals surface area (Å²) >= 11 is 0. The lowest BCUT2D eigenvalue weighted by Crippen LogP contribution is -2.54. The van der Waals surface area contributed by atoms with Gasteiger partial charge in [-0.3, -0.25) is 4.79 Å². The first-order chi connectivity index (χ1) is 9.32. The second kappa shape index (κ2) is 5.43. The van der Waals surface area contributed by atoms with Crippen molar-refractivity contribution in [3.8, 4) is 0 Å². The molecule has 112 valence electrons. The summed E-state index contributed by atoms with van der Waals surface area (Å²) in [6.45, 7) is 9.21. The SMILES string of the molecule is CO[C@@H]1C(=O)C=C[C@]2(CO2)C1C(C)(C)OCC=C(C)C. The Balaban J connectivity index is 2.20. The zero-order chi connectivity index (χ0) is 15.0. The van der Waals surface area contributed by atoms with E-state index < -0.39 is 17.3 Å². The van der Waals surface area contributed by atoms with Crippen LogP contribution in [0.2, 0.25) is 0 Å². The summed E-state index contributed by atoms with van der Waals surface area (Å²) in [5, 5.41) is 0. The molecule has 0 radical (unpaired) electrons. The molecule has 1 spiro atoms. The summed E-state index contributed by atoms with van der Waals surface area (Å²) in [7, 11) is 1.57. The van der Waals surface area contributed by atoms with Crippen molar-refractivity contribution in [2.75, 3.05) is 20.3 Å². The fraction of sp³-hybridized carbons (Fsp3) is 0.688. The number of epoxide rings is 1. The predicted molar refractivity (Wildman–Crippen MR) is 76.6 cm³/mol. The van der Waals surface area contributed by atoms with Crippen LogP contribution in [0.4, 0.5) is 0 Å². The normalized spacial score (nSPS) is 32.5. The van der Waals surface area contributed by atoms with E-state index in [1.54, 1.807) is 13.2 Å². The Morgan fingerprint density at radius 3 is 2.70 bits per heavy atom. The lowest BCUT2D eigenvalue weighted by molar-refractivity contribution is -0.148. The molecule has 1 saturated heterocycles. The topological polar surface area (TPSA) is 48.1 Å². The van der Waals surface area contributed by atoms with E-state index in [2.05, 4.69) is 0 Å². The molecule has 0 bridgehead atoms. The Kier molecular flexibility index (Phi) is 4.19. The average molecular weight is 280 g/mol. The standard InChI is InChI=1S/C16H24O4/c1-11(2)7-9-19-15(3,4)14-13(18-5)12(17)6-8-16(14)10-20-16/h6-8,13-14H,9-10H2,1-5H3/t13-,14?,16+/m1/s1. The molecule has 2 aliphatic rings. The van der Waals surface area contributed by atoms with E-state index in [0.717, 1.165) is 0 Å². The average Bonchev–Trinajstić information content (AvgIpc) is 3.11. The molecule has 2 rings (SSSR count). The van der Waals surface area contributed by atoms with E-state index in [9.17, 15) is 4.79 Å². The van der Waals surface area contributed by atoms with Gasteiger partial charge in [0.05, 0.1) is 24.7 Å². The second-order valence-corrected chi connectivity index (χ2v) is 6.31. The summed E-state index contributed by atoms with van der Waals surface area (Å²) in [5.74, 6) is -0.152. The Morgan fingerprint density at radius 1 is 1.55 bits per heavy atom. The van der Waals surface area contributed by atoms with Crippen LogP contribution in [-0.4, -0.2) is 43.4 Å². The molecule has 1 aliphatic heterocycles. The third-order valence-electron chi connectivity index (χ3n) is 4.07. The molecule has 1 unspecified atom stereocenters. The Morgan fingerprint density at radius 2 is 2.20 bits per heavy atom. The van der Waals surface area contributed by atoms with E-state index >= 15 is 0 Å². The minimum absolute atomic E-state index is 0.0162. The Bertz CT molecular complexity index is 439. The van der Waals surface area contributed by atoms with Crippen LogP contribution < -0.4 is 0 Å². The highest BCUT2D eigenvalue weighted by molar-refractivity contribution is 5.95. The van der Waals surface area contributed by atoms with E-state index in [1.807, 2.05) is 39.8 Å². The van der Waals surface area contributed by atoms with Gasteiger partial charge in [-0.15, -0.1) is 0 Å². The highest BCUT2D eigenvalue weighted by Gasteiger charge is 2.61. The van der Waals surface area contributed by atoms with Gasteiger partial charge in [0.15, 0.2) is 5.78 Å². The number of carbonyl (C=O) groups is 1. The summed E-state index contributed by atoms with van der Waals surface area (Å²) in [6, 6.07) is 0. The highest BCUT2D eigenvalue weighted by Crippen LogP contribution is 2.48. The Hall–Kier alpha value is -0.970. The van der Waals surface area contributed by atoms with Gasteiger partial charge in [-0.05, 0) is 39.8 Å². The maximum absolute atomic E-state index is 12.0. The van der Waals surface area contributed by atoms with Crippen LogP contribution in [0.15, 0.2) is 23.8 Å². The molecule has 1 aliphatic carbocycles. The number of ketones is 1. The zero-order valence-corrected chi connectivity index (χ0v) is 12.9. The quantitative estimate of drug-likeness (QED) is 0.572. The summed E-state index contributed by atoms with van der Waals surface area (Å²) < 4.78 is 17.1. The number of methoxy groups -OCH3 is 1. The fourth-order valence-corrected chi connectivity index (χ4v) is 2.92. The van der Waals surface area contributed by atoms with Crippen LogP contribution in [-0.2, 0) is 19.0 Å². The van der Waals surface area contributed by atoms with Crippen molar-refractivity contribution >= 4 is 5.78 Å². The van der Waals surface area contributed by atoms with E-state index in [4.69, 9.17) is 14.2 Å². The first-order valence-corrected chi connectivity index (χ1v) is 6.99. The van der Waals surface area contributed by atoms with E-state index in [0.29, 0.717) is 13.2 Å². The number of ether oxygens (including phenoxy) is 3. The molecule has 0 aromatic heterocycles. The smallest absolute Gasteiger partial charge is 0.184 e. The van der Waals surface area contributed by atoms with E-state index in [-0.39, 0.29) is 11.7 Å². The van der Waals surface area contributed by atoms with Gasteiger partial charge in [0.1, 0.15) is 11.7 Å². The van der Waals surface area contributed by atoms with E-state index in [1.165, 1.54) is 5.57 Å². The van der Waals surface area contributed by atoms with Gasteiger partial charge in [0, 0.05) is 7.11 Å². The van der Waals surface area contributed by atoms with Crippen molar-refractivity contribution in [3.63, 3.8) is 0 Å². The van der Waals surface area contributed by atoms with Gasteiger partial charge in [-0.2, -0.15) is 0 Å². The first kappa shape index (κ1) is 15.4. The summed E-state index contributed by atoms with van der Waals surface area (Å²) in [6.07, 6.45) is 4.96. The minimum Gasteiger partial charge on any atom is -0.373 e. The van der Waals surface area contributed by atoms with Gasteiger partial charge in [-0.25, -0.2) is 0 Å². The number of hydrogen-bond donors (Lipinski definition) is 0. The van der Waals surface area contributed by atoms with Crippen molar-refractivity contribution in [1.82, 2.24) is 0 Å². The van der Waals surface area contributed by atoms with Crippen LogP contribution in [0.25, 0.3) is 0 Å². The van der Waals surface area contributed by atoms with Crippen molar-refractivity contribution in [2.24, 2.45) is 5.92 Å². The van der Waals surface area contributed by atoms with Crippen molar-refractivity contribution < 1.29 is 19.0 Å². The molecule has 3 atom stereocenters. The molecule has 1 heterocycles. The molecule has 0 saturated carbocycles. The minimum atomic E-state index is -0.510. The number of carbonyl (C=O) groups excluding carboxylic acids is 1. The zero-order valence-electron chi connectivity index (χ0n) is 12.9. The molecule has 1 fully saturated rings. The largest absolute Gasteiger partial charge is 0.373 e. The van der Waals surface area contributed by atoms with Crippen molar-refractivity contribution in [1.29, 1.82) is 0 Å². The van der Waals surface area contributed by atoms with Gasteiger partial charge in [0.2, 0.25) is 0 Å². The fourth-order valence-electron chi connectivity index (χ4n) is 2.92. The first-order valence-electron chi connectivity index (χ1n) is 6.99. The molecular formula is C16H24O4. The van der Waals surface area contributed by atoms with Crippen LogP contribution in [0, 0.1) is 5.92 Å². The highest BCUT2D eigenvalue weighted by atomic mass is 16.6.